The summed E-state index contributed by atoms with van der Waals surface area (Å²) in [6, 6.07) is 20.3. The van der Waals surface area contributed by atoms with E-state index in [1.807, 2.05) is 0 Å². The Morgan fingerprint density at radius 2 is 1.58 bits per heavy atom. The maximum Gasteiger partial charge on any atom is 0.326 e. The van der Waals surface area contributed by atoms with Crippen LogP contribution < -0.4 is 15.4 Å². The van der Waals surface area contributed by atoms with Gasteiger partial charge >= 0.3 is 5.97 Å². The van der Waals surface area contributed by atoms with E-state index in [1.54, 1.807) is 61.5 Å². The lowest BCUT2D eigenvalue weighted by molar-refractivity contribution is -0.153. The molecule has 0 saturated heterocycles. The lowest BCUT2D eigenvalue weighted by Crippen LogP contribution is -2.33. The van der Waals surface area contributed by atoms with Crippen molar-refractivity contribution < 1.29 is 28.2 Å². The van der Waals surface area contributed by atoms with Gasteiger partial charge in [-0.05, 0) is 43.3 Å². The molecule has 0 aliphatic carbocycles. The Morgan fingerprint density at radius 3 is 2.27 bits per heavy atom. The summed E-state index contributed by atoms with van der Waals surface area (Å²) >= 11 is 0. The van der Waals surface area contributed by atoms with Crippen LogP contribution in [-0.4, -0.2) is 30.9 Å². The van der Waals surface area contributed by atoms with E-state index in [1.165, 1.54) is 24.3 Å². The van der Waals surface area contributed by atoms with Gasteiger partial charge in [0.05, 0.1) is 12.2 Å². The van der Waals surface area contributed by atoms with E-state index in [0.29, 0.717) is 23.6 Å². The number of ether oxygens (including phenoxy) is 2. The lowest BCUT2D eigenvalue weighted by atomic mass is 10.1. The van der Waals surface area contributed by atoms with Gasteiger partial charge in [-0.25, -0.2) is 4.39 Å². The Hall–Kier alpha value is -4.20. The molecule has 0 aliphatic heterocycles. The summed E-state index contributed by atoms with van der Waals surface area (Å²) in [6.07, 6.45) is -1.27. The minimum absolute atomic E-state index is 0.279. The number of carbonyl (C=O) groups is 3. The third kappa shape index (κ3) is 6.64. The number of esters is 1. The Labute approximate surface area is 190 Å². The van der Waals surface area contributed by atoms with Crippen LogP contribution in [0.5, 0.6) is 5.75 Å². The maximum atomic E-state index is 13.1. The van der Waals surface area contributed by atoms with Crippen molar-refractivity contribution in [3.8, 4) is 5.75 Å². The molecule has 7 nitrogen and oxygen atoms in total. The molecule has 3 aromatic rings. The quantitative estimate of drug-likeness (QED) is 0.483. The second-order valence-electron chi connectivity index (χ2n) is 6.89. The Balaban J connectivity index is 1.67. The number of anilines is 1. The first kappa shape index (κ1) is 23.5. The van der Waals surface area contributed by atoms with Crippen LogP contribution in [0, 0.1) is 5.82 Å². The zero-order valence-corrected chi connectivity index (χ0v) is 17.9. The molecule has 0 radical (unpaired) electrons. The summed E-state index contributed by atoms with van der Waals surface area (Å²) in [5, 5.41) is 5.08. The highest BCUT2D eigenvalue weighted by atomic mass is 19.1. The average Bonchev–Trinajstić information content (AvgIpc) is 2.83. The molecule has 8 heteroatoms. The lowest BCUT2D eigenvalue weighted by Gasteiger charge is -2.18. The van der Waals surface area contributed by atoms with Crippen LogP contribution in [0.25, 0.3) is 0 Å². The Morgan fingerprint density at radius 1 is 0.909 bits per heavy atom. The summed E-state index contributed by atoms with van der Waals surface area (Å²) in [6.45, 7) is 1.73. The first-order valence-electron chi connectivity index (χ1n) is 10.3. The molecule has 170 valence electrons. The largest absolute Gasteiger partial charge is 0.493 e. The zero-order valence-electron chi connectivity index (χ0n) is 17.9. The molecule has 0 fully saturated rings. The van der Waals surface area contributed by atoms with E-state index in [2.05, 4.69) is 10.6 Å². The van der Waals surface area contributed by atoms with Crippen molar-refractivity contribution in [3.05, 3.63) is 95.8 Å². The highest BCUT2D eigenvalue weighted by molar-refractivity contribution is 5.99. The molecule has 0 aliphatic rings. The summed E-state index contributed by atoms with van der Waals surface area (Å²) in [7, 11) is 0. The second kappa shape index (κ2) is 11.4. The van der Waals surface area contributed by atoms with Gasteiger partial charge in [0.1, 0.15) is 18.1 Å². The first-order chi connectivity index (χ1) is 16.0. The van der Waals surface area contributed by atoms with Crippen molar-refractivity contribution in [2.75, 3.05) is 18.5 Å². The first-order valence-corrected chi connectivity index (χ1v) is 10.3. The molecule has 2 N–H and O–H groups in total. The number of hydrogen-bond acceptors (Lipinski definition) is 5. The van der Waals surface area contributed by atoms with Crippen LogP contribution in [0.15, 0.2) is 78.9 Å². The predicted octanol–water partition coefficient (Wildman–Crippen LogP) is 3.88. The number of halogens is 1. The van der Waals surface area contributed by atoms with E-state index in [4.69, 9.17) is 9.47 Å². The fourth-order valence-electron chi connectivity index (χ4n) is 3.00. The van der Waals surface area contributed by atoms with Gasteiger partial charge < -0.3 is 20.1 Å². The van der Waals surface area contributed by atoms with Gasteiger partial charge in [0.15, 0.2) is 0 Å². The third-order valence-electron chi connectivity index (χ3n) is 4.53. The number of para-hydroxylation sites is 1. The Bertz CT molecular complexity index is 1100. The molecular formula is C25H23FN2O5. The van der Waals surface area contributed by atoms with E-state index < -0.39 is 36.2 Å². The number of nitrogens with one attached hydrogen (secondary N) is 2. The normalized spacial score (nSPS) is 11.2. The minimum Gasteiger partial charge on any atom is -0.493 e. The smallest absolute Gasteiger partial charge is 0.326 e. The monoisotopic (exact) mass is 450 g/mol. The standard InChI is InChI=1S/C25H23FN2O5/c1-2-32-21-11-7-6-10-20(21)24(30)27-16-22(29)33-23(17-8-4-3-5-9-17)25(31)28-19-14-12-18(26)13-15-19/h3-15,23H,2,16H2,1H3,(H,27,30)(H,28,31). The molecule has 0 saturated carbocycles. The average molecular weight is 450 g/mol. The highest BCUT2D eigenvalue weighted by Crippen LogP contribution is 2.21. The van der Waals surface area contributed by atoms with Gasteiger partial charge in [-0.15, -0.1) is 0 Å². The minimum atomic E-state index is -1.27. The van der Waals surface area contributed by atoms with Crippen LogP contribution in [0.2, 0.25) is 0 Å². The fraction of sp³-hybridized carbons (Fsp3) is 0.160. The summed E-state index contributed by atoms with van der Waals surface area (Å²) in [5.74, 6) is -1.98. The van der Waals surface area contributed by atoms with Crippen LogP contribution in [0.3, 0.4) is 0 Å². The molecule has 1 unspecified atom stereocenters. The van der Waals surface area contributed by atoms with Crippen molar-refractivity contribution in [1.82, 2.24) is 5.32 Å². The van der Waals surface area contributed by atoms with Gasteiger partial charge in [-0.3, -0.25) is 14.4 Å². The van der Waals surface area contributed by atoms with Gasteiger partial charge in [-0.2, -0.15) is 0 Å². The molecule has 0 bridgehead atoms. The highest BCUT2D eigenvalue weighted by Gasteiger charge is 2.25. The van der Waals surface area contributed by atoms with Gasteiger partial charge in [0.2, 0.25) is 6.10 Å². The van der Waals surface area contributed by atoms with Crippen molar-refractivity contribution in [3.63, 3.8) is 0 Å². The molecule has 3 rings (SSSR count). The van der Waals surface area contributed by atoms with Gasteiger partial charge in [0, 0.05) is 11.3 Å². The Kier molecular flexibility index (Phi) is 8.13. The molecular weight excluding hydrogens is 427 g/mol. The van der Waals surface area contributed by atoms with E-state index in [9.17, 15) is 18.8 Å². The number of carbonyl (C=O) groups excluding carboxylic acids is 3. The number of hydrogen-bond donors (Lipinski definition) is 2. The van der Waals surface area contributed by atoms with Crippen molar-refractivity contribution in [2.24, 2.45) is 0 Å². The van der Waals surface area contributed by atoms with Gasteiger partial charge in [0.25, 0.3) is 11.8 Å². The summed E-state index contributed by atoms with van der Waals surface area (Å²) in [4.78, 5) is 37.8. The van der Waals surface area contributed by atoms with Crippen LogP contribution >= 0.6 is 0 Å². The van der Waals surface area contributed by atoms with Gasteiger partial charge in [-0.1, -0.05) is 42.5 Å². The topological polar surface area (TPSA) is 93.7 Å². The van der Waals surface area contributed by atoms with Crippen molar-refractivity contribution in [1.29, 1.82) is 0 Å². The summed E-state index contributed by atoms with van der Waals surface area (Å²) < 4.78 is 24.0. The molecule has 3 aromatic carbocycles. The third-order valence-corrected chi connectivity index (χ3v) is 4.53. The summed E-state index contributed by atoms with van der Waals surface area (Å²) in [5.41, 5.74) is 1.07. The maximum absolute atomic E-state index is 13.1. The SMILES string of the molecule is CCOc1ccccc1C(=O)NCC(=O)OC(C(=O)Nc1ccc(F)cc1)c1ccccc1. The molecule has 0 aromatic heterocycles. The van der Waals surface area contributed by atoms with Crippen LogP contribution in [-0.2, 0) is 14.3 Å². The zero-order chi connectivity index (χ0) is 23.6. The number of benzene rings is 3. The van der Waals surface area contributed by atoms with Crippen molar-refractivity contribution >= 4 is 23.5 Å². The number of rotatable bonds is 9. The van der Waals surface area contributed by atoms with E-state index >= 15 is 0 Å². The molecule has 0 spiro atoms. The molecule has 1 atom stereocenters. The van der Waals surface area contributed by atoms with E-state index in [0.717, 1.165) is 0 Å². The predicted molar refractivity (Wildman–Crippen MR) is 120 cm³/mol. The van der Waals surface area contributed by atoms with E-state index in [-0.39, 0.29) is 5.56 Å². The molecule has 33 heavy (non-hydrogen) atoms. The fourth-order valence-corrected chi connectivity index (χ4v) is 3.00. The molecule has 0 heterocycles. The van der Waals surface area contributed by atoms with Crippen molar-refractivity contribution in [2.45, 2.75) is 13.0 Å². The number of amides is 2. The van der Waals surface area contributed by atoms with Crippen LogP contribution in [0.1, 0.15) is 28.9 Å². The van der Waals surface area contributed by atoms with Crippen LogP contribution in [0.4, 0.5) is 10.1 Å². The molecule has 2 amide bonds. The second-order valence-corrected chi connectivity index (χ2v) is 6.89.